The highest BCUT2D eigenvalue weighted by atomic mass is 15.1. The van der Waals surface area contributed by atoms with Crippen molar-refractivity contribution in [2.75, 3.05) is 0 Å². The Bertz CT molecular complexity index is 936. The quantitative estimate of drug-likeness (QED) is 0.487. The standard InChI is InChI=1S/C22H18N2/c1-17-12-14-20(15-13-17)24-16-21(18-8-4-2-5-9-18)23-22(24)19-10-6-3-7-11-19/h2-16H,1H3. The lowest BCUT2D eigenvalue weighted by atomic mass is 10.2. The third-order valence-electron chi connectivity index (χ3n) is 4.12. The predicted octanol–water partition coefficient (Wildman–Crippen LogP) is 5.51. The van der Waals surface area contributed by atoms with Gasteiger partial charge >= 0.3 is 0 Å². The van der Waals surface area contributed by atoms with Crippen LogP contribution in [0.3, 0.4) is 0 Å². The number of aromatic nitrogens is 2. The van der Waals surface area contributed by atoms with Crippen molar-refractivity contribution < 1.29 is 0 Å². The molecule has 4 rings (SSSR count). The van der Waals surface area contributed by atoms with Crippen molar-refractivity contribution in [2.45, 2.75) is 6.92 Å². The fourth-order valence-electron chi connectivity index (χ4n) is 2.82. The number of aryl methyl sites for hydroxylation is 1. The fourth-order valence-corrected chi connectivity index (χ4v) is 2.82. The molecule has 0 unspecified atom stereocenters. The Hall–Kier alpha value is -3.13. The fraction of sp³-hybridized carbons (Fsp3) is 0.0455. The van der Waals surface area contributed by atoms with Crippen LogP contribution in [0.15, 0.2) is 91.1 Å². The smallest absolute Gasteiger partial charge is 0.145 e. The molecule has 1 heterocycles. The largest absolute Gasteiger partial charge is 0.299 e. The van der Waals surface area contributed by atoms with E-state index in [1.54, 1.807) is 0 Å². The summed E-state index contributed by atoms with van der Waals surface area (Å²) in [5, 5.41) is 0. The van der Waals surface area contributed by atoms with E-state index in [1.165, 1.54) is 5.56 Å². The predicted molar refractivity (Wildman–Crippen MR) is 99.2 cm³/mol. The van der Waals surface area contributed by atoms with Gasteiger partial charge in [0.1, 0.15) is 5.82 Å². The summed E-state index contributed by atoms with van der Waals surface area (Å²) in [6.45, 7) is 2.10. The van der Waals surface area contributed by atoms with E-state index in [-0.39, 0.29) is 0 Å². The van der Waals surface area contributed by atoms with Gasteiger partial charge in [0.2, 0.25) is 0 Å². The molecule has 0 atom stereocenters. The summed E-state index contributed by atoms with van der Waals surface area (Å²) in [6.07, 6.45) is 2.11. The van der Waals surface area contributed by atoms with Crippen molar-refractivity contribution in [3.8, 4) is 28.3 Å². The Balaban J connectivity index is 1.90. The van der Waals surface area contributed by atoms with Gasteiger partial charge in [0.05, 0.1) is 5.69 Å². The molecule has 4 aromatic rings. The molecule has 3 aromatic carbocycles. The second-order valence-corrected chi connectivity index (χ2v) is 5.89. The molecule has 2 heteroatoms. The number of imidazole rings is 1. The van der Waals surface area contributed by atoms with Crippen molar-refractivity contribution in [1.29, 1.82) is 0 Å². The van der Waals surface area contributed by atoms with Gasteiger partial charge in [-0.1, -0.05) is 78.4 Å². The molecule has 0 fully saturated rings. The minimum Gasteiger partial charge on any atom is -0.299 e. The van der Waals surface area contributed by atoms with Gasteiger partial charge in [-0.3, -0.25) is 4.57 Å². The monoisotopic (exact) mass is 310 g/mol. The Morgan fingerprint density at radius 1 is 0.667 bits per heavy atom. The molecule has 0 amide bonds. The highest BCUT2D eigenvalue weighted by Crippen LogP contribution is 2.27. The van der Waals surface area contributed by atoms with Crippen molar-refractivity contribution in [3.63, 3.8) is 0 Å². The van der Waals surface area contributed by atoms with Gasteiger partial charge in [-0.05, 0) is 19.1 Å². The molecule has 0 spiro atoms. The SMILES string of the molecule is Cc1ccc(-n2cc(-c3ccccc3)nc2-c2ccccc2)cc1. The number of rotatable bonds is 3. The van der Waals surface area contributed by atoms with Crippen LogP contribution in [-0.4, -0.2) is 9.55 Å². The highest BCUT2D eigenvalue weighted by molar-refractivity contribution is 5.67. The molecule has 0 saturated carbocycles. The number of hydrogen-bond donors (Lipinski definition) is 0. The van der Waals surface area contributed by atoms with Crippen molar-refractivity contribution >= 4 is 0 Å². The van der Waals surface area contributed by atoms with Gasteiger partial charge in [0, 0.05) is 23.0 Å². The molecule has 116 valence electrons. The summed E-state index contributed by atoms with van der Waals surface area (Å²) in [5.74, 6) is 0.957. The van der Waals surface area contributed by atoms with E-state index in [4.69, 9.17) is 4.98 Å². The number of nitrogens with zero attached hydrogens (tertiary/aromatic N) is 2. The first-order valence-corrected chi connectivity index (χ1v) is 8.08. The lowest BCUT2D eigenvalue weighted by Gasteiger charge is -2.08. The molecule has 0 radical (unpaired) electrons. The molecule has 0 saturated heterocycles. The maximum Gasteiger partial charge on any atom is 0.145 e. The molecule has 0 N–H and O–H groups in total. The Kier molecular flexibility index (Phi) is 3.72. The van der Waals surface area contributed by atoms with Crippen LogP contribution < -0.4 is 0 Å². The summed E-state index contributed by atoms with van der Waals surface area (Å²) in [5.41, 5.74) is 5.59. The molecule has 0 aliphatic rings. The van der Waals surface area contributed by atoms with E-state index in [1.807, 2.05) is 36.4 Å². The molecule has 2 nitrogen and oxygen atoms in total. The normalized spacial score (nSPS) is 10.7. The number of hydrogen-bond acceptors (Lipinski definition) is 1. The van der Waals surface area contributed by atoms with E-state index in [2.05, 4.69) is 66.2 Å². The molecule has 24 heavy (non-hydrogen) atoms. The van der Waals surface area contributed by atoms with E-state index in [0.29, 0.717) is 0 Å². The average molecular weight is 310 g/mol. The minimum atomic E-state index is 0.957. The summed E-state index contributed by atoms with van der Waals surface area (Å²) >= 11 is 0. The van der Waals surface area contributed by atoms with Gasteiger partial charge in [-0.2, -0.15) is 0 Å². The first kappa shape index (κ1) is 14.5. The zero-order valence-electron chi connectivity index (χ0n) is 13.6. The van der Waals surface area contributed by atoms with E-state index >= 15 is 0 Å². The van der Waals surface area contributed by atoms with Crippen LogP contribution in [0.1, 0.15) is 5.56 Å². The Labute approximate surface area is 142 Å². The molecular weight excluding hydrogens is 292 g/mol. The second kappa shape index (κ2) is 6.17. The molecule has 1 aromatic heterocycles. The van der Waals surface area contributed by atoms with E-state index in [9.17, 15) is 0 Å². The van der Waals surface area contributed by atoms with Gasteiger partial charge in [-0.25, -0.2) is 4.98 Å². The Morgan fingerprint density at radius 3 is 1.88 bits per heavy atom. The Morgan fingerprint density at radius 2 is 1.25 bits per heavy atom. The second-order valence-electron chi connectivity index (χ2n) is 5.89. The van der Waals surface area contributed by atoms with Crippen LogP contribution in [-0.2, 0) is 0 Å². The summed E-state index contributed by atoms with van der Waals surface area (Å²) in [4.78, 5) is 4.91. The van der Waals surface area contributed by atoms with Gasteiger partial charge in [0.25, 0.3) is 0 Å². The topological polar surface area (TPSA) is 17.8 Å². The molecule has 0 aliphatic carbocycles. The molecule has 0 aliphatic heterocycles. The van der Waals surface area contributed by atoms with Gasteiger partial charge in [-0.15, -0.1) is 0 Å². The lowest BCUT2D eigenvalue weighted by Crippen LogP contribution is -1.95. The number of benzene rings is 3. The van der Waals surface area contributed by atoms with Crippen molar-refractivity contribution in [2.24, 2.45) is 0 Å². The first-order valence-electron chi connectivity index (χ1n) is 8.08. The maximum atomic E-state index is 4.91. The van der Waals surface area contributed by atoms with Crippen LogP contribution in [0.4, 0.5) is 0 Å². The highest BCUT2D eigenvalue weighted by Gasteiger charge is 2.12. The average Bonchev–Trinajstić information content (AvgIpc) is 3.09. The van der Waals surface area contributed by atoms with Gasteiger partial charge in [0.15, 0.2) is 0 Å². The summed E-state index contributed by atoms with van der Waals surface area (Å²) in [6, 6.07) is 29.2. The van der Waals surface area contributed by atoms with Crippen LogP contribution in [0, 0.1) is 6.92 Å². The van der Waals surface area contributed by atoms with E-state index < -0.39 is 0 Å². The van der Waals surface area contributed by atoms with Crippen LogP contribution >= 0.6 is 0 Å². The van der Waals surface area contributed by atoms with Crippen molar-refractivity contribution in [1.82, 2.24) is 9.55 Å². The summed E-state index contributed by atoms with van der Waals surface area (Å²) < 4.78 is 2.16. The third-order valence-corrected chi connectivity index (χ3v) is 4.12. The molecule has 0 bridgehead atoms. The minimum absolute atomic E-state index is 0.957. The van der Waals surface area contributed by atoms with Crippen LogP contribution in [0.2, 0.25) is 0 Å². The third kappa shape index (κ3) is 2.74. The summed E-state index contributed by atoms with van der Waals surface area (Å²) in [7, 11) is 0. The van der Waals surface area contributed by atoms with Crippen molar-refractivity contribution in [3.05, 3.63) is 96.7 Å². The lowest BCUT2D eigenvalue weighted by molar-refractivity contribution is 1.07. The van der Waals surface area contributed by atoms with Crippen LogP contribution in [0.25, 0.3) is 28.3 Å². The zero-order valence-corrected chi connectivity index (χ0v) is 13.6. The molecular formula is C22H18N2. The maximum absolute atomic E-state index is 4.91. The first-order chi connectivity index (χ1) is 11.8. The van der Waals surface area contributed by atoms with Gasteiger partial charge < -0.3 is 0 Å². The van der Waals surface area contributed by atoms with E-state index in [0.717, 1.165) is 28.3 Å². The van der Waals surface area contributed by atoms with Crippen LogP contribution in [0.5, 0.6) is 0 Å². The zero-order chi connectivity index (χ0) is 16.4.